The number of nitrogens with zero attached hydrogens (tertiary/aromatic N) is 1. The maximum atomic E-state index is 4.94. The fraction of sp³-hybridized carbons (Fsp3) is 0.545. The zero-order chi connectivity index (χ0) is 25.6. The van der Waals surface area contributed by atoms with E-state index in [1.807, 2.05) is 20.0 Å². The average molecular weight is 460 g/mol. The predicted octanol–water partition coefficient (Wildman–Crippen LogP) is 10.3. The fourth-order valence-electron chi connectivity index (χ4n) is 5.17. The summed E-state index contributed by atoms with van der Waals surface area (Å²) in [6.07, 6.45) is 10.3. The Hall–Kier alpha value is -2.15. The Kier molecular flexibility index (Phi) is 9.92. The molecule has 1 aromatic heterocycles. The number of rotatable bonds is 4. The first kappa shape index (κ1) is 28.1. The lowest BCUT2D eigenvalue weighted by Crippen LogP contribution is -2.31. The molecule has 0 bridgehead atoms. The zero-order valence-corrected chi connectivity index (χ0v) is 23.8. The topological polar surface area (TPSA) is 12.9 Å². The summed E-state index contributed by atoms with van der Waals surface area (Å²) in [5.74, 6) is 2.00. The van der Waals surface area contributed by atoms with Gasteiger partial charge in [0.2, 0.25) is 0 Å². The second kappa shape index (κ2) is 12.0. The van der Waals surface area contributed by atoms with Crippen LogP contribution < -0.4 is 0 Å². The molecule has 0 N–H and O–H groups in total. The monoisotopic (exact) mass is 459 g/mol. The predicted molar refractivity (Wildman–Crippen MR) is 153 cm³/mol. The molecule has 2 aliphatic carbocycles. The molecule has 0 amide bonds. The van der Waals surface area contributed by atoms with Crippen LogP contribution in [-0.4, -0.2) is 4.98 Å². The minimum Gasteiger partial charge on any atom is -0.256 e. The fourth-order valence-corrected chi connectivity index (χ4v) is 5.17. The molecule has 0 radical (unpaired) electrons. The van der Waals surface area contributed by atoms with Crippen molar-refractivity contribution in [3.8, 4) is 0 Å². The Labute approximate surface area is 210 Å². The van der Waals surface area contributed by atoms with Gasteiger partial charge in [-0.3, -0.25) is 4.98 Å². The van der Waals surface area contributed by atoms with Gasteiger partial charge < -0.3 is 0 Å². The quantitative estimate of drug-likeness (QED) is 0.414. The second-order valence-corrected chi connectivity index (χ2v) is 11.0. The standard InChI is InChI=1S/C26H31N.C5H12.C2H6/c1-16(2)9-7-11-20-15-17(3)18(4)24-23(20)25-22-19(13-14-27-25)10-8-12-21(22)26(24,5)6;1-4-5(2)3;1-2/h7-10,12-14,16,20H,11,15H2,1-6H3;5H,4H2,1-3H3;1-2H3. The number of hydrogen-bond donors (Lipinski definition) is 0. The summed E-state index contributed by atoms with van der Waals surface area (Å²) in [5, 5.41) is 2.69. The Balaban J connectivity index is 0.000000520. The van der Waals surface area contributed by atoms with Crippen LogP contribution in [0.25, 0.3) is 16.3 Å². The van der Waals surface area contributed by atoms with E-state index in [4.69, 9.17) is 4.98 Å². The van der Waals surface area contributed by atoms with Crippen molar-refractivity contribution in [2.45, 2.75) is 101 Å². The van der Waals surface area contributed by atoms with Gasteiger partial charge in [0.25, 0.3) is 0 Å². The molecule has 1 heteroatoms. The van der Waals surface area contributed by atoms with Crippen molar-refractivity contribution in [2.75, 3.05) is 0 Å². The number of hydrogen-bond acceptors (Lipinski definition) is 1. The highest BCUT2D eigenvalue weighted by Gasteiger charge is 2.41. The van der Waals surface area contributed by atoms with Crippen LogP contribution in [0.3, 0.4) is 0 Å². The van der Waals surface area contributed by atoms with Crippen LogP contribution >= 0.6 is 0 Å². The second-order valence-electron chi connectivity index (χ2n) is 11.0. The lowest BCUT2D eigenvalue weighted by molar-refractivity contribution is 0.580. The van der Waals surface area contributed by atoms with E-state index in [2.05, 4.69) is 98.7 Å². The highest BCUT2D eigenvalue weighted by atomic mass is 14.7. The third kappa shape index (κ3) is 5.73. The van der Waals surface area contributed by atoms with Gasteiger partial charge in [0, 0.05) is 17.0 Å². The van der Waals surface area contributed by atoms with Crippen LogP contribution in [0.5, 0.6) is 0 Å². The molecule has 186 valence electrons. The molecule has 0 aliphatic heterocycles. The molecule has 2 aliphatic rings. The molecule has 1 atom stereocenters. The van der Waals surface area contributed by atoms with E-state index in [-0.39, 0.29) is 5.41 Å². The third-order valence-electron chi connectivity index (χ3n) is 7.35. The first-order chi connectivity index (χ1) is 16.1. The van der Waals surface area contributed by atoms with Crippen LogP contribution in [0.4, 0.5) is 0 Å². The van der Waals surface area contributed by atoms with Gasteiger partial charge in [-0.05, 0) is 78.2 Å². The normalized spacial score (nSPS) is 18.7. The maximum Gasteiger partial charge on any atom is 0.0749 e. The van der Waals surface area contributed by atoms with Crippen LogP contribution in [-0.2, 0) is 5.41 Å². The van der Waals surface area contributed by atoms with Crippen molar-refractivity contribution in [1.82, 2.24) is 4.98 Å². The first-order valence-electron chi connectivity index (χ1n) is 13.6. The molecule has 0 spiro atoms. The van der Waals surface area contributed by atoms with Gasteiger partial charge in [0.1, 0.15) is 0 Å². The number of fused-ring (bicyclic) bond motifs is 1. The molecule has 1 aromatic carbocycles. The minimum absolute atomic E-state index is 0.0106. The van der Waals surface area contributed by atoms with Gasteiger partial charge in [-0.2, -0.15) is 0 Å². The molecular weight excluding hydrogens is 410 g/mol. The summed E-state index contributed by atoms with van der Waals surface area (Å²) in [6, 6.07) is 8.90. The molecule has 0 saturated heterocycles. The number of pyridine rings is 1. The van der Waals surface area contributed by atoms with Crippen LogP contribution in [0, 0.1) is 17.8 Å². The van der Waals surface area contributed by atoms with E-state index >= 15 is 0 Å². The zero-order valence-electron chi connectivity index (χ0n) is 23.8. The van der Waals surface area contributed by atoms with Crippen molar-refractivity contribution >= 4 is 16.3 Å². The highest BCUT2D eigenvalue weighted by Crippen LogP contribution is 2.54. The van der Waals surface area contributed by atoms with Crippen LogP contribution in [0.2, 0.25) is 0 Å². The molecule has 1 heterocycles. The van der Waals surface area contributed by atoms with Crippen LogP contribution in [0.1, 0.15) is 107 Å². The number of aromatic nitrogens is 1. The number of benzene rings is 1. The minimum atomic E-state index is 0.0106. The van der Waals surface area contributed by atoms with Crippen molar-refractivity contribution in [1.29, 1.82) is 0 Å². The van der Waals surface area contributed by atoms with Gasteiger partial charge in [-0.25, -0.2) is 0 Å². The lowest BCUT2D eigenvalue weighted by Gasteiger charge is -2.42. The first-order valence-corrected chi connectivity index (χ1v) is 13.6. The third-order valence-corrected chi connectivity index (χ3v) is 7.35. The molecule has 1 nitrogen and oxygen atoms in total. The van der Waals surface area contributed by atoms with E-state index in [1.165, 1.54) is 50.7 Å². The van der Waals surface area contributed by atoms with Crippen LogP contribution in [0.15, 0.2) is 59.3 Å². The average Bonchev–Trinajstić information content (AvgIpc) is 2.81. The van der Waals surface area contributed by atoms with E-state index in [0.717, 1.165) is 18.8 Å². The summed E-state index contributed by atoms with van der Waals surface area (Å²) in [5.41, 5.74) is 8.70. The largest absolute Gasteiger partial charge is 0.256 e. The van der Waals surface area contributed by atoms with E-state index in [0.29, 0.717) is 11.8 Å². The van der Waals surface area contributed by atoms with Crippen molar-refractivity contribution in [3.05, 3.63) is 70.6 Å². The van der Waals surface area contributed by atoms with E-state index in [9.17, 15) is 0 Å². The van der Waals surface area contributed by atoms with E-state index < -0.39 is 0 Å². The molecule has 0 fully saturated rings. The summed E-state index contributed by atoms with van der Waals surface area (Å²) >= 11 is 0. The van der Waals surface area contributed by atoms with Gasteiger partial charge in [0.15, 0.2) is 0 Å². The molecule has 4 rings (SSSR count). The van der Waals surface area contributed by atoms with Gasteiger partial charge in [0.05, 0.1) is 5.69 Å². The molecular formula is C33H49N. The lowest BCUT2D eigenvalue weighted by atomic mass is 9.61. The number of allylic oxidation sites excluding steroid dienone is 6. The smallest absolute Gasteiger partial charge is 0.0749 e. The van der Waals surface area contributed by atoms with E-state index in [1.54, 1.807) is 0 Å². The highest BCUT2D eigenvalue weighted by molar-refractivity contribution is 6.00. The van der Waals surface area contributed by atoms with Gasteiger partial charge in [-0.15, -0.1) is 0 Å². The van der Waals surface area contributed by atoms with Gasteiger partial charge >= 0.3 is 0 Å². The molecule has 1 unspecified atom stereocenters. The summed E-state index contributed by atoms with van der Waals surface area (Å²) < 4.78 is 0. The summed E-state index contributed by atoms with van der Waals surface area (Å²) in [7, 11) is 0. The Bertz CT molecular complexity index is 1050. The van der Waals surface area contributed by atoms with Crippen molar-refractivity contribution < 1.29 is 0 Å². The molecule has 34 heavy (non-hydrogen) atoms. The Morgan fingerprint density at radius 1 is 1.06 bits per heavy atom. The maximum absolute atomic E-state index is 4.94. The van der Waals surface area contributed by atoms with Gasteiger partial charge in [-0.1, -0.05) is 105 Å². The Morgan fingerprint density at radius 3 is 2.29 bits per heavy atom. The summed E-state index contributed by atoms with van der Waals surface area (Å²) in [6.45, 7) is 24.6. The molecule has 2 aromatic rings. The Morgan fingerprint density at radius 2 is 1.71 bits per heavy atom. The summed E-state index contributed by atoms with van der Waals surface area (Å²) in [4.78, 5) is 4.94. The molecule has 0 saturated carbocycles. The van der Waals surface area contributed by atoms with Crippen molar-refractivity contribution in [2.24, 2.45) is 17.8 Å². The SMILES string of the molecule is CC.CC1=C(C)C2=C(c3nccc4cccc(c34)C2(C)C)C(CC=CC(C)C)C1.CCC(C)C. The van der Waals surface area contributed by atoms with Crippen molar-refractivity contribution in [3.63, 3.8) is 0 Å².